The normalized spacial score (nSPS) is 11.5. The fourth-order valence-electron chi connectivity index (χ4n) is 1.03. The summed E-state index contributed by atoms with van der Waals surface area (Å²) in [4.78, 5) is 4.42. The van der Waals surface area contributed by atoms with Crippen molar-refractivity contribution in [3.8, 4) is 0 Å². The summed E-state index contributed by atoms with van der Waals surface area (Å²) in [5.74, 6) is -1.28. The lowest BCUT2D eigenvalue weighted by Crippen LogP contribution is -2.03. The molecule has 0 bridgehead atoms. The molecular formula is C9H9F2NO. The van der Waals surface area contributed by atoms with Gasteiger partial charge in [-0.2, -0.15) is 0 Å². The Kier molecular flexibility index (Phi) is 2.95. The first-order valence-corrected chi connectivity index (χ1v) is 3.69. The third-order valence-electron chi connectivity index (χ3n) is 1.55. The fourth-order valence-corrected chi connectivity index (χ4v) is 1.03. The molecule has 0 aliphatic heterocycles. The standard InChI is InChI=1S/C9H9F2NO/c1-6(12-13-2)9-7(10)4-3-5-8(9)11/h3-5H,1-2H3/b12-6-. The summed E-state index contributed by atoms with van der Waals surface area (Å²) in [6.45, 7) is 1.48. The van der Waals surface area contributed by atoms with Crippen molar-refractivity contribution in [2.45, 2.75) is 6.92 Å². The lowest BCUT2D eigenvalue weighted by Gasteiger charge is -2.02. The fraction of sp³-hybridized carbons (Fsp3) is 0.222. The minimum Gasteiger partial charge on any atom is -0.399 e. The van der Waals surface area contributed by atoms with Gasteiger partial charge in [0.2, 0.25) is 0 Å². The van der Waals surface area contributed by atoms with Crippen molar-refractivity contribution in [2.75, 3.05) is 7.11 Å². The molecule has 0 fully saturated rings. The monoisotopic (exact) mass is 185 g/mol. The zero-order valence-corrected chi connectivity index (χ0v) is 7.34. The van der Waals surface area contributed by atoms with Gasteiger partial charge in [0, 0.05) is 0 Å². The Balaban J connectivity index is 3.20. The molecule has 4 heteroatoms. The van der Waals surface area contributed by atoms with Crippen LogP contribution in [0.25, 0.3) is 0 Å². The summed E-state index contributed by atoms with van der Waals surface area (Å²) in [6, 6.07) is 3.65. The average molecular weight is 185 g/mol. The SMILES string of the molecule is CO/N=C(/C)c1c(F)cccc1F. The van der Waals surface area contributed by atoms with Crippen LogP contribution in [-0.2, 0) is 4.84 Å². The molecule has 1 rings (SSSR count). The van der Waals surface area contributed by atoms with E-state index in [0.717, 1.165) is 0 Å². The van der Waals surface area contributed by atoms with Gasteiger partial charge < -0.3 is 4.84 Å². The topological polar surface area (TPSA) is 21.6 Å². The highest BCUT2D eigenvalue weighted by atomic mass is 19.1. The van der Waals surface area contributed by atoms with Crippen molar-refractivity contribution < 1.29 is 13.6 Å². The summed E-state index contributed by atoms with van der Waals surface area (Å²) in [5, 5.41) is 3.45. The molecule has 0 N–H and O–H groups in total. The van der Waals surface area contributed by atoms with Gasteiger partial charge in [0.1, 0.15) is 18.7 Å². The molecule has 1 aromatic carbocycles. The third-order valence-corrected chi connectivity index (χ3v) is 1.55. The van der Waals surface area contributed by atoms with Gasteiger partial charge in [-0.25, -0.2) is 8.78 Å². The Bertz CT molecular complexity index is 316. The predicted octanol–water partition coefficient (Wildman–Crippen LogP) is 2.34. The Morgan fingerprint density at radius 2 is 1.85 bits per heavy atom. The molecule has 0 saturated heterocycles. The van der Waals surface area contributed by atoms with Crippen molar-refractivity contribution in [1.82, 2.24) is 0 Å². The molecule has 0 spiro atoms. The van der Waals surface area contributed by atoms with E-state index in [0.29, 0.717) is 0 Å². The minimum atomic E-state index is -0.640. The van der Waals surface area contributed by atoms with Crippen LogP contribution in [-0.4, -0.2) is 12.8 Å². The van der Waals surface area contributed by atoms with Crippen LogP contribution in [0.5, 0.6) is 0 Å². The van der Waals surface area contributed by atoms with Crippen LogP contribution in [0.1, 0.15) is 12.5 Å². The number of rotatable bonds is 2. The minimum absolute atomic E-state index is 0.149. The highest BCUT2D eigenvalue weighted by Crippen LogP contribution is 2.12. The molecule has 2 nitrogen and oxygen atoms in total. The number of halogens is 2. The van der Waals surface area contributed by atoms with Crippen molar-refractivity contribution in [3.05, 3.63) is 35.4 Å². The molecule has 1 aromatic rings. The highest BCUT2D eigenvalue weighted by molar-refractivity contribution is 5.98. The van der Waals surface area contributed by atoms with Gasteiger partial charge in [0.15, 0.2) is 0 Å². The molecule has 0 saturated carbocycles. The molecule has 0 aliphatic carbocycles. The molecule has 0 radical (unpaired) electrons. The van der Waals surface area contributed by atoms with Crippen LogP contribution in [0, 0.1) is 11.6 Å². The summed E-state index contributed by atoms with van der Waals surface area (Å²) >= 11 is 0. The summed E-state index contributed by atoms with van der Waals surface area (Å²) in [5.41, 5.74) is 0.0300. The summed E-state index contributed by atoms with van der Waals surface area (Å²) < 4.78 is 26.1. The van der Waals surface area contributed by atoms with Crippen molar-refractivity contribution >= 4 is 5.71 Å². The van der Waals surface area contributed by atoms with Gasteiger partial charge >= 0.3 is 0 Å². The predicted molar refractivity (Wildman–Crippen MR) is 45.6 cm³/mol. The zero-order valence-electron chi connectivity index (χ0n) is 7.34. The van der Waals surface area contributed by atoms with Gasteiger partial charge in [-0.3, -0.25) is 0 Å². The highest BCUT2D eigenvalue weighted by Gasteiger charge is 2.11. The van der Waals surface area contributed by atoms with E-state index in [1.54, 1.807) is 0 Å². The number of benzene rings is 1. The van der Waals surface area contributed by atoms with E-state index < -0.39 is 11.6 Å². The van der Waals surface area contributed by atoms with E-state index in [-0.39, 0.29) is 11.3 Å². The molecule has 0 atom stereocenters. The Hall–Kier alpha value is -1.45. The number of nitrogens with zero attached hydrogens (tertiary/aromatic N) is 1. The number of hydrogen-bond donors (Lipinski definition) is 0. The number of oxime groups is 1. The van der Waals surface area contributed by atoms with Crippen molar-refractivity contribution in [2.24, 2.45) is 5.16 Å². The molecule has 0 unspecified atom stereocenters. The number of hydrogen-bond acceptors (Lipinski definition) is 2. The van der Waals surface area contributed by atoms with Crippen LogP contribution in [0.3, 0.4) is 0 Å². The van der Waals surface area contributed by atoms with E-state index in [2.05, 4.69) is 9.99 Å². The molecule has 0 aliphatic rings. The van der Waals surface area contributed by atoms with Crippen LogP contribution < -0.4 is 0 Å². The molecule has 0 amide bonds. The first-order valence-electron chi connectivity index (χ1n) is 3.69. The lowest BCUT2D eigenvalue weighted by molar-refractivity contribution is 0.213. The largest absolute Gasteiger partial charge is 0.399 e. The molecule has 70 valence electrons. The first-order chi connectivity index (χ1) is 6.16. The maximum Gasteiger partial charge on any atom is 0.135 e. The van der Waals surface area contributed by atoms with Gasteiger partial charge in [-0.1, -0.05) is 11.2 Å². The third kappa shape index (κ3) is 2.02. The summed E-state index contributed by atoms with van der Waals surface area (Å²) in [7, 11) is 1.32. The second-order valence-electron chi connectivity index (χ2n) is 2.46. The Morgan fingerprint density at radius 1 is 1.31 bits per heavy atom. The second-order valence-corrected chi connectivity index (χ2v) is 2.46. The average Bonchev–Trinajstić information content (AvgIpc) is 2.04. The van der Waals surface area contributed by atoms with Gasteiger partial charge in [0.25, 0.3) is 0 Å². The van der Waals surface area contributed by atoms with E-state index in [9.17, 15) is 8.78 Å². The van der Waals surface area contributed by atoms with Crippen LogP contribution in [0.4, 0.5) is 8.78 Å². The quantitative estimate of drug-likeness (QED) is 0.512. The maximum atomic E-state index is 13.0. The van der Waals surface area contributed by atoms with E-state index in [1.807, 2.05) is 0 Å². The van der Waals surface area contributed by atoms with Crippen LogP contribution in [0.2, 0.25) is 0 Å². The van der Waals surface area contributed by atoms with Crippen molar-refractivity contribution in [1.29, 1.82) is 0 Å². The van der Waals surface area contributed by atoms with Crippen LogP contribution in [0.15, 0.2) is 23.4 Å². The zero-order chi connectivity index (χ0) is 9.84. The molecule has 0 aromatic heterocycles. The van der Waals surface area contributed by atoms with Gasteiger partial charge in [-0.05, 0) is 19.1 Å². The second kappa shape index (κ2) is 3.98. The first kappa shape index (κ1) is 9.64. The Labute approximate surface area is 74.8 Å². The molecule has 13 heavy (non-hydrogen) atoms. The van der Waals surface area contributed by atoms with E-state index in [1.165, 1.54) is 32.2 Å². The smallest absolute Gasteiger partial charge is 0.135 e. The van der Waals surface area contributed by atoms with Gasteiger partial charge in [-0.15, -0.1) is 0 Å². The van der Waals surface area contributed by atoms with Crippen LogP contribution >= 0.6 is 0 Å². The summed E-state index contributed by atoms with van der Waals surface area (Å²) in [6.07, 6.45) is 0. The molecular weight excluding hydrogens is 176 g/mol. The Morgan fingerprint density at radius 3 is 2.31 bits per heavy atom. The van der Waals surface area contributed by atoms with E-state index >= 15 is 0 Å². The maximum absolute atomic E-state index is 13.0. The molecule has 0 heterocycles. The van der Waals surface area contributed by atoms with Crippen molar-refractivity contribution in [3.63, 3.8) is 0 Å². The lowest BCUT2D eigenvalue weighted by atomic mass is 10.1. The van der Waals surface area contributed by atoms with Gasteiger partial charge in [0.05, 0.1) is 11.3 Å². The van der Waals surface area contributed by atoms with E-state index in [4.69, 9.17) is 0 Å².